The molecule has 1 N–H and O–H groups in total. The average molecular weight is 355 g/mol. The Labute approximate surface area is 132 Å². The summed E-state index contributed by atoms with van der Waals surface area (Å²) in [5.41, 5.74) is 1.12. The predicted molar refractivity (Wildman–Crippen MR) is 83.5 cm³/mol. The van der Waals surface area contributed by atoms with E-state index in [4.69, 9.17) is 14.0 Å². The summed E-state index contributed by atoms with van der Waals surface area (Å²) in [5, 5.41) is 7.02. The number of nitrogens with zero attached hydrogens (tertiary/aromatic N) is 1. The first-order valence-electron chi connectivity index (χ1n) is 6.72. The van der Waals surface area contributed by atoms with Crippen LogP contribution in [0.5, 0.6) is 11.5 Å². The largest absolute Gasteiger partial charge is 0.493 e. The van der Waals surface area contributed by atoms with Gasteiger partial charge < -0.3 is 19.3 Å². The molecule has 0 aliphatic heterocycles. The first kappa shape index (κ1) is 15.9. The zero-order chi connectivity index (χ0) is 15.2. The second-order valence-electron chi connectivity index (χ2n) is 4.91. The highest BCUT2D eigenvalue weighted by Crippen LogP contribution is 2.37. The Hall–Kier alpha value is -1.53. The third-order valence-corrected chi connectivity index (χ3v) is 3.44. The Morgan fingerprint density at radius 2 is 2.19 bits per heavy atom. The number of methoxy groups -OCH3 is 1. The summed E-state index contributed by atoms with van der Waals surface area (Å²) in [6, 6.07) is 6.18. The first-order chi connectivity index (χ1) is 10.1. The van der Waals surface area contributed by atoms with Crippen molar-refractivity contribution in [2.24, 2.45) is 0 Å². The average Bonchev–Trinajstić information content (AvgIpc) is 2.96. The Kier molecular flexibility index (Phi) is 5.64. The van der Waals surface area contributed by atoms with Gasteiger partial charge >= 0.3 is 0 Å². The Morgan fingerprint density at radius 1 is 1.38 bits per heavy atom. The van der Waals surface area contributed by atoms with Gasteiger partial charge in [-0.2, -0.15) is 0 Å². The Bertz CT molecular complexity index is 571. The molecule has 0 bridgehead atoms. The standard InChI is InChI=1S/C15H19BrN2O3/c1-10(2)17-8-11-6-13(16)15(14(7-11)19-3)20-9-12-4-5-18-21-12/h4-7,10,17H,8-9H2,1-3H3. The fourth-order valence-corrected chi connectivity index (χ4v) is 2.40. The van der Waals surface area contributed by atoms with Crippen LogP contribution in [0.1, 0.15) is 25.2 Å². The van der Waals surface area contributed by atoms with Gasteiger partial charge in [-0.3, -0.25) is 0 Å². The van der Waals surface area contributed by atoms with Crippen LogP contribution < -0.4 is 14.8 Å². The second-order valence-corrected chi connectivity index (χ2v) is 5.77. The lowest BCUT2D eigenvalue weighted by Gasteiger charge is -2.15. The highest BCUT2D eigenvalue weighted by atomic mass is 79.9. The van der Waals surface area contributed by atoms with Crippen molar-refractivity contribution >= 4 is 15.9 Å². The van der Waals surface area contributed by atoms with E-state index in [1.807, 2.05) is 12.1 Å². The summed E-state index contributed by atoms with van der Waals surface area (Å²) in [6.45, 7) is 5.30. The van der Waals surface area contributed by atoms with Gasteiger partial charge in [-0.15, -0.1) is 0 Å². The van der Waals surface area contributed by atoms with E-state index >= 15 is 0 Å². The lowest BCUT2D eigenvalue weighted by atomic mass is 10.2. The molecule has 0 spiro atoms. The van der Waals surface area contributed by atoms with Crippen molar-refractivity contribution in [3.05, 3.63) is 40.2 Å². The van der Waals surface area contributed by atoms with Crippen LogP contribution in [0.25, 0.3) is 0 Å². The lowest BCUT2D eigenvalue weighted by Crippen LogP contribution is -2.21. The highest BCUT2D eigenvalue weighted by Gasteiger charge is 2.13. The number of halogens is 1. The Morgan fingerprint density at radius 3 is 2.81 bits per heavy atom. The number of hydrogen-bond donors (Lipinski definition) is 1. The summed E-state index contributed by atoms with van der Waals surface area (Å²) >= 11 is 3.53. The fourth-order valence-electron chi connectivity index (χ4n) is 1.80. The van der Waals surface area contributed by atoms with Crippen molar-refractivity contribution in [1.82, 2.24) is 10.5 Å². The van der Waals surface area contributed by atoms with Gasteiger partial charge in [0.15, 0.2) is 17.3 Å². The number of rotatable bonds is 7. The van der Waals surface area contributed by atoms with Gasteiger partial charge in [0.25, 0.3) is 0 Å². The molecule has 0 saturated carbocycles. The quantitative estimate of drug-likeness (QED) is 0.824. The van der Waals surface area contributed by atoms with Gasteiger partial charge in [-0.05, 0) is 33.6 Å². The molecular formula is C15H19BrN2O3. The molecule has 0 amide bonds. The monoisotopic (exact) mass is 354 g/mol. The van der Waals surface area contributed by atoms with Crippen LogP contribution in [-0.4, -0.2) is 18.3 Å². The highest BCUT2D eigenvalue weighted by molar-refractivity contribution is 9.10. The summed E-state index contributed by atoms with van der Waals surface area (Å²) < 4.78 is 17.0. The molecule has 1 aromatic carbocycles. The van der Waals surface area contributed by atoms with Crippen molar-refractivity contribution in [2.75, 3.05) is 7.11 Å². The third-order valence-electron chi connectivity index (χ3n) is 2.85. The minimum Gasteiger partial charge on any atom is -0.493 e. The van der Waals surface area contributed by atoms with Gasteiger partial charge in [-0.1, -0.05) is 19.0 Å². The molecule has 1 heterocycles. The maximum atomic E-state index is 5.76. The molecule has 1 aromatic heterocycles. The molecule has 2 rings (SSSR count). The van der Waals surface area contributed by atoms with E-state index in [9.17, 15) is 0 Å². The molecule has 0 fully saturated rings. The van der Waals surface area contributed by atoms with E-state index in [1.165, 1.54) is 0 Å². The van der Waals surface area contributed by atoms with Crippen molar-refractivity contribution in [3.8, 4) is 11.5 Å². The third kappa shape index (κ3) is 4.47. The number of aromatic nitrogens is 1. The van der Waals surface area contributed by atoms with Crippen molar-refractivity contribution in [1.29, 1.82) is 0 Å². The van der Waals surface area contributed by atoms with Gasteiger partial charge in [-0.25, -0.2) is 0 Å². The van der Waals surface area contributed by atoms with Crippen LogP contribution in [0.15, 0.2) is 33.4 Å². The lowest BCUT2D eigenvalue weighted by molar-refractivity contribution is 0.237. The summed E-state index contributed by atoms with van der Waals surface area (Å²) in [7, 11) is 1.63. The van der Waals surface area contributed by atoms with Crippen LogP contribution in [0, 0.1) is 0 Å². The van der Waals surface area contributed by atoms with E-state index in [2.05, 4.69) is 40.3 Å². The number of benzene rings is 1. The molecule has 5 nitrogen and oxygen atoms in total. The topological polar surface area (TPSA) is 56.5 Å². The van der Waals surface area contributed by atoms with Gasteiger partial charge in [0.2, 0.25) is 0 Å². The number of hydrogen-bond acceptors (Lipinski definition) is 5. The summed E-state index contributed by atoms with van der Waals surface area (Å²) in [6.07, 6.45) is 1.59. The molecule has 0 atom stereocenters. The van der Waals surface area contributed by atoms with E-state index in [0.29, 0.717) is 29.9 Å². The summed E-state index contributed by atoms with van der Waals surface area (Å²) in [4.78, 5) is 0. The molecule has 0 saturated heterocycles. The van der Waals surface area contributed by atoms with Crippen LogP contribution in [0.2, 0.25) is 0 Å². The zero-order valence-corrected chi connectivity index (χ0v) is 13.9. The minimum atomic E-state index is 0.304. The molecule has 2 aromatic rings. The van der Waals surface area contributed by atoms with Gasteiger partial charge in [0.1, 0.15) is 6.61 Å². The second kappa shape index (κ2) is 7.47. The number of nitrogens with one attached hydrogen (secondary N) is 1. The van der Waals surface area contributed by atoms with E-state index < -0.39 is 0 Å². The van der Waals surface area contributed by atoms with Crippen LogP contribution in [0.3, 0.4) is 0 Å². The molecule has 21 heavy (non-hydrogen) atoms. The SMILES string of the molecule is COc1cc(CNC(C)C)cc(Br)c1OCc1ccno1. The minimum absolute atomic E-state index is 0.304. The molecule has 114 valence electrons. The zero-order valence-electron chi connectivity index (χ0n) is 12.4. The molecule has 6 heteroatoms. The smallest absolute Gasteiger partial charge is 0.176 e. The van der Waals surface area contributed by atoms with E-state index in [1.54, 1.807) is 19.4 Å². The van der Waals surface area contributed by atoms with Crippen molar-refractivity contribution < 1.29 is 14.0 Å². The first-order valence-corrected chi connectivity index (χ1v) is 7.51. The van der Waals surface area contributed by atoms with Crippen molar-refractivity contribution in [3.63, 3.8) is 0 Å². The fraction of sp³-hybridized carbons (Fsp3) is 0.400. The van der Waals surface area contributed by atoms with E-state index in [-0.39, 0.29) is 0 Å². The normalized spacial score (nSPS) is 10.9. The summed E-state index contributed by atoms with van der Waals surface area (Å²) in [5.74, 6) is 2.00. The molecule has 0 radical (unpaired) electrons. The van der Waals surface area contributed by atoms with Crippen molar-refractivity contribution in [2.45, 2.75) is 33.0 Å². The predicted octanol–water partition coefficient (Wildman–Crippen LogP) is 3.52. The molecule has 0 aliphatic rings. The van der Waals surface area contributed by atoms with Crippen LogP contribution >= 0.6 is 15.9 Å². The van der Waals surface area contributed by atoms with Gasteiger partial charge in [0, 0.05) is 18.7 Å². The van der Waals surface area contributed by atoms with E-state index in [0.717, 1.165) is 16.6 Å². The molecule has 0 aliphatic carbocycles. The van der Waals surface area contributed by atoms with Gasteiger partial charge in [0.05, 0.1) is 17.8 Å². The molecular weight excluding hydrogens is 336 g/mol. The van der Waals surface area contributed by atoms with Crippen LogP contribution in [0.4, 0.5) is 0 Å². The van der Waals surface area contributed by atoms with Crippen LogP contribution in [-0.2, 0) is 13.2 Å². The maximum absolute atomic E-state index is 5.76. The maximum Gasteiger partial charge on any atom is 0.176 e. The number of ether oxygens (including phenoxy) is 2. The Balaban J connectivity index is 2.12. The molecule has 0 unspecified atom stereocenters.